The fourth-order valence-electron chi connectivity index (χ4n) is 2.65. The van der Waals surface area contributed by atoms with Gasteiger partial charge in [-0.25, -0.2) is 0 Å². The van der Waals surface area contributed by atoms with Crippen molar-refractivity contribution < 1.29 is 14.6 Å². The van der Waals surface area contributed by atoms with Crippen LogP contribution in [0.2, 0.25) is 0 Å². The van der Waals surface area contributed by atoms with Crippen LogP contribution in [0, 0.1) is 0 Å². The average molecular weight is 357 g/mol. The molecule has 23 heavy (non-hydrogen) atoms. The molecule has 0 bridgehead atoms. The normalized spacial score (nSPS) is 21.8. The Morgan fingerprint density at radius 1 is 1.43 bits per heavy atom. The van der Waals surface area contributed by atoms with Gasteiger partial charge in [0.2, 0.25) is 5.91 Å². The summed E-state index contributed by atoms with van der Waals surface area (Å²) < 4.78 is 6.67. The maximum atomic E-state index is 12.0. The second-order valence-electron chi connectivity index (χ2n) is 5.51. The van der Waals surface area contributed by atoms with Crippen molar-refractivity contribution in [2.24, 2.45) is 5.73 Å². The lowest BCUT2D eigenvalue weighted by Gasteiger charge is -2.14. The fraction of sp³-hybridized carbons (Fsp3) is 0.438. The molecule has 1 aliphatic rings. The highest BCUT2D eigenvalue weighted by atomic mass is 35.5. The average Bonchev–Trinajstić information content (AvgIpc) is 3.18. The Morgan fingerprint density at radius 3 is 2.91 bits per heavy atom. The van der Waals surface area contributed by atoms with E-state index in [0.29, 0.717) is 13.0 Å². The molecule has 1 aromatic carbocycles. The summed E-state index contributed by atoms with van der Waals surface area (Å²) in [5.74, 6) is -0.170. The number of carbonyl (C=O) groups excluding carboxylic acids is 1. The minimum Gasteiger partial charge on any atom is -0.386 e. The SMILES string of the molecule is Cl.NC[C@H]1CC[C@@H](C(=O)NCC(O)c2cc3ccccc3s2)O1. The van der Waals surface area contributed by atoms with Gasteiger partial charge in [-0.1, -0.05) is 18.2 Å². The summed E-state index contributed by atoms with van der Waals surface area (Å²) in [5.41, 5.74) is 5.54. The van der Waals surface area contributed by atoms with E-state index >= 15 is 0 Å². The number of carbonyl (C=O) groups is 1. The molecule has 1 fully saturated rings. The van der Waals surface area contributed by atoms with Gasteiger partial charge in [0.05, 0.1) is 6.10 Å². The zero-order valence-corrected chi connectivity index (χ0v) is 14.2. The smallest absolute Gasteiger partial charge is 0.249 e. The lowest BCUT2D eigenvalue weighted by Crippen LogP contribution is -2.37. The van der Waals surface area contributed by atoms with E-state index in [9.17, 15) is 9.90 Å². The fourth-order valence-corrected chi connectivity index (χ4v) is 3.70. The van der Waals surface area contributed by atoms with Gasteiger partial charge in [-0.2, -0.15) is 0 Å². The highest BCUT2D eigenvalue weighted by Crippen LogP contribution is 2.29. The van der Waals surface area contributed by atoms with Crippen LogP contribution >= 0.6 is 23.7 Å². The summed E-state index contributed by atoms with van der Waals surface area (Å²) in [5, 5.41) is 14.1. The Labute approximate surface area is 145 Å². The van der Waals surface area contributed by atoms with E-state index < -0.39 is 12.2 Å². The van der Waals surface area contributed by atoms with Crippen LogP contribution in [-0.4, -0.2) is 36.3 Å². The van der Waals surface area contributed by atoms with Gasteiger partial charge in [0.25, 0.3) is 0 Å². The number of nitrogens with two attached hydrogens (primary N) is 1. The van der Waals surface area contributed by atoms with Crippen molar-refractivity contribution in [3.05, 3.63) is 35.2 Å². The van der Waals surface area contributed by atoms with Gasteiger partial charge >= 0.3 is 0 Å². The highest BCUT2D eigenvalue weighted by molar-refractivity contribution is 7.19. The van der Waals surface area contributed by atoms with Gasteiger partial charge in [0, 0.05) is 22.7 Å². The number of nitrogens with one attached hydrogen (secondary N) is 1. The number of aliphatic hydroxyl groups is 1. The van der Waals surface area contributed by atoms with E-state index in [1.165, 1.54) is 0 Å². The number of amides is 1. The van der Waals surface area contributed by atoms with Crippen LogP contribution < -0.4 is 11.1 Å². The first kappa shape index (κ1) is 18.2. The molecule has 1 aliphatic heterocycles. The van der Waals surface area contributed by atoms with E-state index in [0.717, 1.165) is 21.4 Å². The summed E-state index contributed by atoms with van der Waals surface area (Å²) in [6.07, 6.45) is 0.333. The number of fused-ring (bicyclic) bond motifs is 1. The van der Waals surface area contributed by atoms with Crippen LogP contribution in [0.15, 0.2) is 30.3 Å². The van der Waals surface area contributed by atoms with Gasteiger partial charge in [-0.05, 0) is 30.4 Å². The first-order chi connectivity index (χ1) is 10.7. The van der Waals surface area contributed by atoms with E-state index in [1.54, 1.807) is 11.3 Å². The number of hydrogen-bond donors (Lipinski definition) is 3. The van der Waals surface area contributed by atoms with Gasteiger partial charge in [-0.15, -0.1) is 23.7 Å². The second kappa shape index (κ2) is 8.08. The zero-order valence-electron chi connectivity index (χ0n) is 12.6. The Balaban J connectivity index is 0.00000192. The number of thiophene rings is 1. The second-order valence-corrected chi connectivity index (χ2v) is 6.62. The molecule has 7 heteroatoms. The molecule has 1 amide bonds. The molecule has 126 valence electrons. The standard InChI is InChI=1S/C16H20N2O3S.ClH/c17-8-11-5-6-13(21-11)16(20)18-9-12(19)15-7-10-3-1-2-4-14(10)22-15;/h1-4,7,11-13,19H,5-6,8-9,17H2,(H,18,20);1H/t11-,12?,13+;/m1./s1. The predicted molar refractivity (Wildman–Crippen MR) is 94.0 cm³/mol. The Morgan fingerprint density at radius 2 is 2.22 bits per heavy atom. The van der Waals surface area contributed by atoms with Crippen molar-refractivity contribution in [3.63, 3.8) is 0 Å². The quantitative estimate of drug-likeness (QED) is 0.764. The van der Waals surface area contributed by atoms with Gasteiger partial charge in [0.15, 0.2) is 0 Å². The van der Waals surface area contributed by atoms with Crippen LogP contribution in [-0.2, 0) is 9.53 Å². The minimum atomic E-state index is -0.701. The lowest BCUT2D eigenvalue weighted by molar-refractivity contribution is -0.132. The minimum absolute atomic E-state index is 0. The number of halogens is 1. The van der Waals surface area contributed by atoms with Crippen molar-refractivity contribution in [2.75, 3.05) is 13.1 Å². The largest absolute Gasteiger partial charge is 0.386 e. The third-order valence-electron chi connectivity index (χ3n) is 3.91. The van der Waals surface area contributed by atoms with Gasteiger partial charge in [-0.3, -0.25) is 4.79 Å². The highest BCUT2D eigenvalue weighted by Gasteiger charge is 2.30. The van der Waals surface area contributed by atoms with Gasteiger partial charge in [0.1, 0.15) is 12.2 Å². The van der Waals surface area contributed by atoms with Crippen molar-refractivity contribution in [1.29, 1.82) is 0 Å². The number of benzene rings is 1. The maximum Gasteiger partial charge on any atom is 0.249 e. The molecular weight excluding hydrogens is 336 g/mol. The lowest BCUT2D eigenvalue weighted by atomic mass is 10.2. The van der Waals surface area contributed by atoms with E-state index in [-0.39, 0.29) is 31.0 Å². The number of hydrogen-bond acceptors (Lipinski definition) is 5. The molecule has 1 aromatic heterocycles. The molecule has 2 aromatic rings. The summed E-state index contributed by atoms with van der Waals surface area (Å²) in [7, 11) is 0. The Hall–Kier alpha value is -1.18. The molecule has 0 spiro atoms. The summed E-state index contributed by atoms with van der Waals surface area (Å²) in [4.78, 5) is 12.9. The van der Waals surface area contributed by atoms with Gasteiger partial charge < -0.3 is 20.9 Å². The monoisotopic (exact) mass is 356 g/mol. The van der Waals surface area contributed by atoms with Crippen LogP contribution in [0.4, 0.5) is 0 Å². The predicted octanol–water partition coefficient (Wildman–Crippen LogP) is 1.98. The molecule has 0 aliphatic carbocycles. The number of ether oxygens (including phenoxy) is 1. The van der Waals surface area contributed by atoms with Crippen molar-refractivity contribution >= 4 is 39.7 Å². The molecule has 3 atom stereocenters. The molecule has 1 unspecified atom stereocenters. The van der Waals surface area contributed by atoms with Crippen molar-refractivity contribution in [3.8, 4) is 0 Å². The van der Waals surface area contributed by atoms with Crippen LogP contribution in [0.3, 0.4) is 0 Å². The number of rotatable bonds is 5. The van der Waals surface area contributed by atoms with Crippen LogP contribution in [0.5, 0.6) is 0 Å². The third-order valence-corrected chi connectivity index (χ3v) is 5.12. The first-order valence-corrected chi connectivity index (χ1v) is 8.29. The molecule has 0 radical (unpaired) electrons. The number of aliphatic hydroxyl groups excluding tert-OH is 1. The van der Waals surface area contributed by atoms with Crippen LogP contribution in [0.1, 0.15) is 23.8 Å². The molecule has 2 heterocycles. The molecule has 4 N–H and O–H groups in total. The molecule has 3 rings (SSSR count). The molecule has 0 saturated carbocycles. The van der Waals surface area contributed by atoms with E-state index in [4.69, 9.17) is 10.5 Å². The Kier molecular flexibility index (Phi) is 6.38. The summed E-state index contributed by atoms with van der Waals surface area (Å²) in [6, 6.07) is 9.95. The van der Waals surface area contributed by atoms with E-state index in [1.807, 2.05) is 30.3 Å². The molecule has 1 saturated heterocycles. The summed E-state index contributed by atoms with van der Waals surface area (Å²) in [6.45, 7) is 0.632. The van der Waals surface area contributed by atoms with E-state index in [2.05, 4.69) is 5.32 Å². The Bertz CT molecular complexity index is 631. The van der Waals surface area contributed by atoms with Crippen molar-refractivity contribution in [1.82, 2.24) is 5.32 Å². The first-order valence-electron chi connectivity index (χ1n) is 7.47. The van der Waals surface area contributed by atoms with Crippen LogP contribution in [0.25, 0.3) is 10.1 Å². The van der Waals surface area contributed by atoms with Crippen molar-refractivity contribution in [2.45, 2.75) is 31.2 Å². The molecule has 5 nitrogen and oxygen atoms in total. The zero-order chi connectivity index (χ0) is 15.5. The molecular formula is C16H21ClN2O3S. The summed E-state index contributed by atoms with van der Waals surface area (Å²) >= 11 is 1.54. The third kappa shape index (κ3) is 4.22. The maximum absolute atomic E-state index is 12.0. The topological polar surface area (TPSA) is 84.6 Å².